The number of nitrogens with zero attached hydrogens (tertiary/aromatic N) is 4. The monoisotopic (exact) mass is 426 g/mol. The van der Waals surface area contributed by atoms with E-state index in [0.717, 1.165) is 17.0 Å². The number of fused-ring (bicyclic) bond motifs is 1. The summed E-state index contributed by atoms with van der Waals surface area (Å²) < 4.78 is 42.5. The predicted molar refractivity (Wildman–Crippen MR) is 114 cm³/mol. The Bertz CT molecular complexity index is 1220. The highest BCUT2D eigenvalue weighted by Gasteiger charge is 2.34. The molecule has 0 saturated carbocycles. The van der Waals surface area contributed by atoms with Gasteiger partial charge >= 0.3 is 6.18 Å². The summed E-state index contributed by atoms with van der Waals surface area (Å²) >= 11 is 0. The Kier molecular flexibility index (Phi) is 5.60. The van der Waals surface area contributed by atoms with Crippen LogP contribution in [0.3, 0.4) is 0 Å². The van der Waals surface area contributed by atoms with Gasteiger partial charge < -0.3 is 11.1 Å². The van der Waals surface area contributed by atoms with E-state index in [4.69, 9.17) is 5.73 Å². The highest BCUT2D eigenvalue weighted by atomic mass is 19.4. The third kappa shape index (κ3) is 4.22. The molecular weight excluding hydrogens is 405 g/mol. The molecule has 31 heavy (non-hydrogen) atoms. The Morgan fingerprint density at radius 2 is 1.77 bits per heavy atom. The molecule has 2 heterocycles. The van der Waals surface area contributed by atoms with Crippen molar-refractivity contribution in [3.05, 3.63) is 65.9 Å². The molecule has 4 aromatic rings. The molecule has 0 fully saturated rings. The molecule has 6 nitrogen and oxygen atoms in total. The van der Waals surface area contributed by atoms with E-state index in [2.05, 4.69) is 20.4 Å². The summed E-state index contributed by atoms with van der Waals surface area (Å²) in [4.78, 5) is 8.72. The van der Waals surface area contributed by atoms with Crippen LogP contribution in [0, 0.1) is 0 Å². The zero-order valence-corrected chi connectivity index (χ0v) is 16.8. The Hall–Kier alpha value is -3.46. The van der Waals surface area contributed by atoms with Gasteiger partial charge in [0.2, 0.25) is 0 Å². The average Bonchev–Trinajstić information content (AvgIpc) is 3.11. The summed E-state index contributed by atoms with van der Waals surface area (Å²) in [5.74, 6) is 0.919. The van der Waals surface area contributed by atoms with Crippen molar-refractivity contribution in [3.63, 3.8) is 0 Å². The van der Waals surface area contributed by atoms with Crippen molar-refractivity contribution in [1.29, 1.82) is 0 Å². The summed E-state index contributed by atoms with van der Waals surface area (Å²) in [5, 5.41) is 8.63. The second kappa shape index (κ2) is 8.35. The maximum Gasteiger partial charge on any atom is 0.417 e. The van der Waals surface area contributed by atoms with Crippen molar-refractivity contribution in [2.45, 2.75) is 26.1 Å². The Morgan fingerprint density at radius 1 is 1.03 bits per heavy atom. The highest BCUT2D eigenvalue weighted by molar-refractivity contribution is 5.91. The largest absolute Gasteiger partial charge is 0.417 e. The van der Waals surface area contributed by atoms with Gasteiger partial charge in [0.25, 0.3) is 0 Å². The molecule has 0 aliphatic carbocycles. The highest BCUT2D eigenvalue weighted by Crippen LogP contribution is 2.36. The zero-order valence-electron chi connectivity index (χ0n) is 16.8. The maximum absolute atomic E-state index is 13.5. The quantitative estimate of drug-likeness (QED) is 0.464. The fourth-order valence-corrected chi connectivity index (χ4v) is 3.47. The van der Waals surface area contributed by atoms with E-state index in [1.165, 1.54) is 18.2 Å². The molecule has 0 aliphatic rings. The van der Waals surface area contributed by atoms with E-state index in [9.17, 15) is 13.2 Å². The molecule has 0 unspecified atom stereocenters. The summed E-state index contributed by atoms with van der Waals surface area (Å²) in [5.41, 5.74) is 6.30. The minimum absolute atomic E-state index is 0.0133. The Balaban J connectivity index is 1.82. The van der Waals surface area contributed by atoms with Gasteiger partial charge in [-0.2, -0.15) is 18.3 Å². The van der Waals surface area contributed by atoms with E-state index < -0.39 is 11.7 Å². The summed E-state index contributed by atoms with van der Waals surface area (Å²) in [6.07, 6.45) is -4.12. The van der Waals surface area contributed by atoms with Crippen LogP contribution in [0.2, 0.25) is 0 Å². The number of hydrogen-bond donors (Lipinski definition) is 2. The number of alkyl halides is 3. The molecule has 2 aromatic heterocycles. The van der Waals surface area contributed by atoms with Crippen LogP contribution in [-0.2, 0) is 19.1 Å². The molecular formula is C22H21F3N6. The van der Waals surface area contributed by atoms with Gasteiger partial charge in [0.05, 0.1) is 11.1 Å². The second-order valence-electron chi connectivity index (χ2n) is 6.96. The van der Waals surface area contributed by atoms with Crippen molar-refractivity contribution in [2.75, 3.05) is 11.9 Å². The van der Waals surface area contributed by atoms with Crippen molar-refractivity contribution in [1.82, 2.24) is 19.7 Å². The molecule has 9 heteroatoms. The van der Waals surface area contributed by atoms with Gasteiger partial charge in [-0.1, -0.05) is 30.3 Å². The second-order valence-corrected chi connectivity index (χ2v) is 6.96. The number of rotatable bonds is 6. The van der Waals surface area contributed by atoms with Crippen LogP contribution in [-0.4, -0.2) is 26.3 Å². The van der Waals surface area contributed by atoms with E-state index in [0.29, 0.717) is 36.8 Å². The molecule has 0 saturated heterocycles. The van der Waals surface area contributed by atoms with Gasteiger partial charge in [-0.15, -0.1) is 0 Å². The smallest absolute Gasteiger partial charge is 0.330 e. The van der Waals surface area contributed by atoms with Gasteiger partial charge in [0.15, 0.2) is 11.6 Å². The van der Waals surface area contributed by atoms with Crippen LogP contribution in [0.1, 0.15) is 18.2 Å². The first kappa shape index (κ1) is 20.8. The van der Waals surface area contributed by atoms with Gasteiger partial charge in [-0.3, -0.25) is 4.68 Å². The lowest BCUT2D eigenvalue weighted by atomic mass is 10.1. The van der Waals surface area contributed by atoms with Crippen LogP contribution in [0.15, 0.2) is 54.6 Å². The average molecular weight is 426 g/mol. The SMILES string of the molecule is CCn1nc(Nc2cc(CCN)nc(-c3ccccc3C(F)(F)F)n2)c2ccccc21. The van der Waals surface area contributed by atoms with Crippen molar-refractivity contribution < 1.29 is 13.2 Å². The van der Waals surface area contributed by atoms with Crippen LogP contribution >= 0.6 is 0 Å². The van der Waals surface area contributed by atoms with E-state index >= 15 is 0 Å². The lowest BCUT2D eigenvalue weighted by Crippen LogP contribution is -2.11. The lowest BCUT2D eigenvalue weighted by Gasteiger charge is -2.14. The fourth-order valence-electron chi connectivity index (χ4n) is 3.47. The molecule has 0 bridgehead atoms. The first-order chi connectivity index (χ1) is 14.9. The van der Waals surface area contributed by atoms with Crippen LogP contribution in [0.5, 0.6) is 0 Å². The van der Waals surface area contributed by atoms with Gasteiger partial charge in [0, 0.05) is 35.7 Å². The standard InChI is InChI=1S/C22H21F3N6/c1-2-31-18-10-6-4-8-16(18)21(30-31)29-19-13-14(11-12-26)27-20(28-19)15-7-3-5-9-17(15)22(23,24)25/h3-10,13H,2,11-12,26H2,1H3,(H,27,28,29,30). The molecule has 160 valence electrons. The molecule has 0 spiro atoms. The Morgan fingerprint density at radius 3 is 2.52 bits per heavy atom. The van der Waals surface area contributed by atoms with Gasteiger partial charge in [0.1, 0.15) is 5.82 Å². The molecule has 3 N–H and O–H groups in total. The van der Waals surface area contributed by atoms with E-state index in [1.54, 1.807) is 6.07 Å². The van der Waals surface area contributed by atoms with E-state index in [-0.39, 0.29) is 11.4 Å². The fraction of sp³-hybridized carbons (Fsp3) is 0.227. The number of hydrogen-bond acceptors (Lipinski definition) is 5. The topological polar surface area (TPSA) is 81.7 Å². The van der Waals surface area contributed by atoms with E-state index in [1.807, 2.05) is 35.9 Å². The third-order valence-electron chi connectivity index (χ3n) is 4.86. The molecule has 0 amide bonds. The predicted octanol–water partition coefficient (Wildman–Crippen LogP) is 4.78. The van der Waals surface area contributed by atoms with Crippen molar-refractivity contribution >= 4 is 22.5 Å². The van der Waals surface area contributed by atoms with Gasteiger partial charge in [-0.05, 0) is 31.7 Å². The number of halogens is 3. The Labute approximate surface area is 176 Å². The summed E-state index contributed by atoms with van der Waals surface area (Å²) in [6.45, 7) is 2.97. The van der Waals surface area contributed by atoms with Crippen molar-refractivity contribution in [2.24, 2.45) is 5.73 Å². The summed E-state index contributed by atoms with van der Waals surface area (Å²) in [7, 11) is 0. The molecule has 0 aliphatic heterocycles. The summed E-state index contributed by atoms with van der Waals surface area (Å²) in [6, 6.07) is 14.7. The van der Waals surface area contributed by atoms with Gasteiger partial charge in [-0.25, -0.2) is 9.97 Å². The maximum atomic E-state index is 13.5. The third-order valence-corrected chi connectivity index (χ3v) is 4.86. The number of para-hydroxylation sites is 1. The number of aryl methyl sites for hydroxylation is 1. The van der Waals surface area contributed by atoms with Crippen molar-refractivity contribution in [3.8, 4) is 11.4 Å². The first-order valence-electron chi connectivity index (χ1n) is 9.88. The molecule has 4 rings (SSSR count). The lowest BCUT2D eigenvalue weighted by molar-refractivity contribution is -0.137. The number of nitrogens with two attached hydrogens (primary N) is 1. The van der Waals surface area contributed by atoms with Crippen LogP contribution in [0.25, 0.3) is 22.3 Å². The first-order valence-corrected chi connectivity index (χ1v) is 9.88. The molecule has 0 radical (unpaired) electrons. The number of nitrogens with one attached hydrogen (secondary N) is 1. The van der Waals surface area contributed by atoms with Crippen LogP contribution in [0.4, 0.5) is 24.8 Å². The number of aromatic nitrogens is 4. The number of benzene rings is 2. The minimum atomic E-state index is -4.52. The molecule has 0 atom stereocenters. The van der Waals surface area contributed by atoms with Crippen LogP contribution < -0.4 is 11.1 Å². The minimum Gasteiger partial charge on any atom is -0.330 e. The zero-order chi connectivity index (χ0) is 22.0. The molecule has 2 aromatic carbocycles. The number of anilines is 2. The normalized spacial score (nSPS) is 11.8.